The molecule has 0 fully saturated rings. The summed E-state index contributed by atoms with van der Waals surface area (Å²) in [6.07, 6.45) is 4.97. The van der Waals surface area contributed by atoms with Crippen LogP contribution in [0.1, 0.15) is 43.2 Å². The molecule has 2 N–H and O–H groups in total. The van der Waals surface area contributed by atoms with Gasteiger partial charge in [-0.15, -0.1) is 0 Å². The number of imidazole rings is 1. The predicted octanol–water partition coefficient (Wildman–Crippen LogP) is 2.56. The average Bonchev–Trinajstić information content (AvgIpc) is 3.03. The van der Waals surface area contributed by atoms with Crippen LogP contribution in [-0.2, 0) is 4.79 Å². The van der Waals surface area contributed by atoms with E-state index in [0.717, 1.165) is 17.9 Å². The van der Waals surface area contributed by atoms with E-state index in [9.17, 15) is 4.79 Å². The van der Waals surface area contributed by atoms with E-state index < -0.39 is 0 Å². The lowest BCUT2D eigenvalue weighted by Crippen LogP contribution is -2.39. The summed E-state index contributed by atoms with van der Waals surface area (Å²) in [6, 6.07) is 8.22. The van der Waals surface area contributed by atoms with Crippen LogP contribution < -0.4 is 10.2 Å². The molecule has 0 aliphatic carbocycles. The van der Waals surface area contributed by atoms with E-state index >= 15 is 0 Å². The summed E-state index contributed by atoms with van der Waals surface area (Å²) in [6.45, 7) is 2.11. The Labute approximate surface area is 124 Å². The third-order valence-electron chi connectivity index (χ3n) is 4.09. The summed E-state index contributed by atoms with van der Waals surface area (Å²) in [5.41, 5.74) is 2.16. The third-order valence-corrected chi connectivity index (χ3v) is 4.09. The number of benzene rings is 1. The van der Waals surface area contributed by atoms with E-state index in [1.165, 1.54) is 5.56 Å². The average molecular weight is 284 g/mol. The van der Waals surface area contributed by atoms with E-state index in [2.05, 4.69) is 28.3 Å². The molecule has 110 valence electrons. The first-order valence-electron chi connectivity index (χ1n) is 7.31. The molecule has 5 heteroatoms. The van der Waals surface area contributed by atoms with Crippen molar-refractivity contribution in [2.24, 2.45) is 0 Å². The molecule has 21 heavy (non-hydrogen) atoms. The number of rotatable bonds is 4. The van der Waals surface area contributed by atoms with Crippen molar-refractivity contribution in [3.05, 3.63) is 48.0 Å². The number of amides is 1. The van der Waals surface area contributed by atoms with E-state index in [-0.39, 0.29) is 18.0 Å². The standard InChI is InChI=1S/C16H20N4O/c1-3-12(16-17-8-9-18-16)19-13-10-15(21)20(2)14-7-5-4-6-11(13)14/h4-9,12-13,19H,3,10H2,1-2H3,(H,17,18). The van der Waals surface area contributed by atoms with Crippen molar-refractivity contribution < 1.29 is 4.79 Å². The van der Waals surface area contributed by atoms with Crippen LogP contribution in [0.15, 0.2) is 36.7 Å². The minimum atomic E-state index is 0.0277. The summed E-state index contributed by atoms with van der Waals surface area (Å²) < 4.78 is 0. The maximum Gasteiger partial charge on any atom is 0.228 e. The van der Waals surface area contributed by atoms with Crippen LogP contribution in [0.25, 0.3) is 0 Å². The smallest absolute Gasteiger partial charge is 0.228 e. The van der Waals surface area contributed by atoms with E-state index in [4.69, 9.17) is 0 Å². The van der Waals surface area contributed by atoms with Gasteiger partial charge in [-0.25, -0.2) is 4.98 Å². The fourth-order valence-electron chi connectivity index (χ4n) is 2.89. The van der Waals surface area contributed by atoms with Crippen molar-refractivity contribution >= 4 is 11.6 Å². The first-order chi connectivity index (χ1) is 10.2. The second kappa shape index (κ2) is 5.69. The monoisotopic (exact) mass is 284 g/mol. The van der Waals surface area contributed by atoms with Gasteiger partial charge < -0.3 is 9.88 Å². The molecule has 2 unspecified atom stereocenters. The predicted molar refractivity (Wildman–Crippen MR) is 82.0 cm³/mol. The zero-order chi connectivity index (χ0) is 14.8. The number of nitrogens with one attached hydrogen (secondary N) is 2. The number of nitrogens with zero attached hydrogens (tertiary/aromatic N) is 2. The molecule has 5 nitrogen and oxygen atoms in total. The molecule has 1 aromatic carbocycles. The Morgan fingerprint density at radius 2 is 2.29 bits per heavy atom. The molecule has 2 atom stereocenters. The van der Waals surface area contributed by atoms with Crippen LogP contribution >= 0.6 is 0 Å². The van der Waals surface area contributed by atoms with Crippen LogP contribution in [0.4, 0.5) is 5.69 Å². The Morgan fingerprint density at radius 1 is 1.48 bits per heavy atom. The van der Waals surface area contributed by atoms with Crippen LogP contribution in [0.5, 0.6) is 0 Å². The molecule has 1 aliphatic rings. The van der Waals surface area contributed by atoms with Crippen LogP contribution in [0, 0.1) is 0 Å². The first kappa shape index (κ1) is 13.8. The minimum absolute atomic E-state index is 0.0277. The summed E-state index contributed by atoms with van der Waals surface area (Å²) in [4.78, 5) is 21.4. The number of aromatic amines is 1. The van der Waals surface area contributed by atoms with Gasteiger partial charge in [0.2, 0.25) is 5.91 Å². The van der Waals surface area contributed by atoms with Gasteiger partial charge in [0.05, 0.1) is 6.04 Å². The van der Waals surface area contributed by atoms with Gasteiger partial charge in [-0.3, -0.25) is 10.1 Å². The van der Waals surface area contributed by atoms with Crippen molar-refractivity contribution in [1.29, 1.82) is 0 Å². The Balaban J connectivity index is 1.88. The third kappa shape index (κ3) is 2.56. The van der Waals surface area contributed by atoms with Gasteiger partial charge in [-0.1, -0.05) is 25.1 Å². The summed E-state index contributed by atoms with van der Waals surface area (Å²) in [5.74, 6) is 1.06. The minimum Gasteiger partial charge on any atom is -0.347 e. The highest BCUT2D eigenvalue weighted by Gasteiger charge is 2.30. The quantitative estimate of drug-likeness (QED) is 0.907. The fraction of sp³-hybridized carbons (Fsp3) is 0.375. The van der Waals surface area contributed by atoms with Gasteiger partial charge in [-0.05, 0) is 18.1 Å². The molecule has 0 bridgehead atoms. The lowest BCUT2D eigenvalue weighted by atomic mass is 9.95. The SMILES string of the molecule is CCC(NC1CC(=O)N(C)c2ccccc21)c1ncc[nH]1. The van der Waals surface area contributed by atoms with Crippen LogP contribution in [0.3, 0.4) is 0 Å². The normalized spacial score (nSPS) is 19.4. The van der Waals surface area contributed by atoms with Gasteiger partial charge in [0.1, 0.15) is 5.82 Å². The lowest BCUT2D eigenvalue weighted by Gasteiger charge is -2.33. The summed E-state index contributed by atoms with van der Waals surface area (Å²) >= 11 is 0. The maximum absolute atomic E-state index is 12.2. The molecular weight excluding hydrogens is 264 g/mol. The number of carbonyl (C=O) groups excluding carboxylic acids is 1. The molecule has 1 aliphatic heterocycles. The summed E-state index contributed by atoms with van der Waals surface area (Å²) in [7, 11) is 1.83. The number of carbonyl (C=O) groups is 1. The van der Waals surface area contributed by atoms with E-state index in [0.29, 0.717) is 6.42 Å². The second-order valence-electron chi connectivity index (χ2n) is 5.37. The number of hydrogen-bond donors (Lipinski definition) is 2. The van der Waals surface area contributed by atoms with Gasteiger partial charge in [0, 0.05) is 37.6 Å². The number of fused-ring (bicyclic) bond motifs is 1. The molecule has 0 saturated carbocycles. The molecule has 0 saturated heterocycles. The molecule has 3 rings (SSSR count). The Morgan fingerprint density at radius 3 is 3.00 bits per heavy atom. The van der Waals surface area contributed by atoms with Crippen LogP contribution in [-0.4, -0.2) is 22.9 Å². The topological polar surface area (TPSA) is 61.0 Å². The Hall–Kier alpha value is -2.14. The largest absolute Gasteiger partial charge is 0.347 e. The molecule has 1 amide bonds. The van der Waals surface area contributed by atoms with E-state index in [1.807, 2.05) is 31.4 Å². The zero-order valence-corrected chi connectivity index (χ0v) is 12.3. The molecule has 2 aromatic rings. The highest BCUT2D eigenvalue weighted by Crippen LogP contribution is 2.35. The number of aromatic nitrogens is 2. The van der Waals surface area contributed by atoms with Gasteiger partial charge in [0.15, 0.2) is 0 Å². The number of hydrogen-bond acceptors (Lipinski definition) is 3. The van der Waals surface area contributed by atoms with E-state index in [1.54, 1.807) is 11.1 Å². The fourth-order valence-corrected chi connectivity index (χ4v) is 2.89. The highest BCUT2D eigenvalue weighted by atomic mass is 16.2. The van der Waals surface area contributed by atoms with Crippen molar-refractivity contribution in [2.45, 2.75) is 31.8 Å². The highest BCUT2D eigenvalue weighted by molar-refractivity contribution is 5.96. The Kier molecular flexibility index (Phi) is 3.75. The second-order valence-corrected chi connectivity index (χ2v) is 5.37. The van der Waals surface area contributed by atoms with Crippen LogP contribution in [0.2, 0.25) is 0 Å². The Bertz CT molecular complexity index is 623. The number of H-pyrrole nitrogens is 1. The number of anilines is 1. The lowest BCUT2D eigenvalue weighted by molar-refractivity contribution is -0.119. The zero-order valence-electron chi connectivity index (χ0n) is 12.3. The molecular formula is C16H20N4O. The van der Waals surface area contributed by atoms with Crippen molar-refractivity contribution in [3.8, 4) is 0 Å². The van der Waals surface area contributed by atoms with Crippen molar-refractivity contribution in [1.82, 2.24) is 15.3 Å². The molecule has 1 aromatic heterocycles. The van der Waals surface area contributed by atoms with Gasteiger partial charge >= 0.3 is 0 Å². The maximum atomic E-state index is 12.2. The van der Waals surface area contributed by atoms with Crippen molar-refractivity contribution in [2.75, 3.05) is 11.9 Å². The molecule has 0 spiro atoms. The van der Waals surface area contributed by atoms with Gasteiger partial charge in [-0.2, -0.15) is 0 Å². The summed E-state index contributed by atoms with van der Waals surface area (Å²) in [5, 5.41) is 3.57. The first-order valence-corrected chi connectivity index (χ1v) is 7.31. The van der Waals surface area contributed by atoms with Gasteiger partial charge in [0.25, 0.3) is 0 Å². The number of para-hydroxylation sites is 1. The molecule has 0 radical (unpaired) electrons. The van der Waals surface area contributed by atoms with Crippen molar-refractivity contribution in [3.63, 3.8) is 0 Å². The molecule has 2 heterocycles.